The zero-order chi connectivity index (χ0) is 27.8. The van der Waals surface area contributed by atoms with Gasteiger partial charge in [0.1, 0.15) is 12.4 Å². The maximum Gasteiger partial charge on any atom is 0.298 e. The number of hydrogen-bond donors (Lipinski definition) is 2. The van der Waals surface area contributed by atoms with Gasteiger partial charge in [0.25, 0.3) is 12.0 Å². The van der Waals surface area contributed by atoms with Crippen molar-refractivity contribution in [3.05, 3.63) is 59.7 Å². The maximum atomic E-state index is 13.0. The van der Waals surface area contributed by atoms with Crippen molar-refractivity contribution in [2.45, 2.75) is 44.9 Å². The molecule has 0 atom stereocenters. The van der Waals surface area contributed by atoms with Crippen LogP contribution in [0.2, 0.25) is 0 Å². The van der Waals surface area contributed by atoms with Crippen molar-refractivity contribution in [2.75, 3.05) is 33.3 Å². The van der Waals surface area contributed by atoms with Gasteiger partial charge in [-0.1, -0.05) is 25.1 Å². The lowest BCUT2D eigenvalue weighted by molar-refractivity contribution is 0.259. The van der Waals surface area contributed by atoms with Crippen molar-refractivity contribution in [2.24, 2.45) is 15.1 Å². The van der Waals surface area contributed by atoms with Gasteiger partial charge >= 0.3 is 0 Å². The Hall–Kier alpha value is -3.55. The molecule has 4 rings (SSSR count). The van der Waals surface area contributed by atoms with Crippen LogP contribution in [0.3, 0.4) is 0 Å². The summed E-state index contributed by atoms with van der Waals surface area (Å²) in [4.78, 5) is 9.30. The van der Waals surface area contributed by atoms with E-state index in [1.807, 2.05) is 50.4 Å². The lowest BCUT2D eigenvalue weighted by Crippen LogP contribution is -2.45. The van der Waals surface area contributed by atoms with E-state index in [0.717, 1.165) is 23.2 Å². The maximum absolute atomic E-state index is 13.0. The molecule has 1 saturated heterocycles. The smallest absolute Gasteiger partial charge is 0.298 e. The van der Waals surface area contributed by atoms with E-state index in [9.17, 15) is 8.42 Å². The number of aromatic nitrogens is 2. The Kier molecular flexibility index (Phi) is 9.49. The number of aliphatic imine (C=N–C) groups is 2. The first-order chi connectivity index (χ1) is 18.8. The third kappa shape index (κ3) is 6.72. The van der Waals surface area contributed by atoms with Crippen LogP contribution in [0, 0.1) is 0 Å². The molecule has 2 aromatic rings. The predicted molar refractivity (Wildman–Crippen MR) is 153 cm³/mol. The molecule has 1 fully saturated rings. The summed E-state index contributed by atoms with van der Waals surface area (Å²) in [7, 11) is -1.80. The number of nitrogens with zero attached hydrogens (tertiary/aromatic N) is 7. The number of likely N-dealkylation sites (N-methyl/N-ethyl adjacent to an activating group) is 1. The van der Waals surface area contributed by atoms with Crippen LogP contribution in [0.15, 0.2) is 69.2 Å². The lowest BCUT2D eigenvalue weighted by atomic mass is 10.2. The Bertz CT molecular complexity index is 1330. The number of nitrogens with one attached hydrogen (secondary N) is 2. The number of amidine groups is 1. The van der Waals surface area contributed by atoms with E-state index in [-0.39, 0.29) is 24.4 Å². The minimum absolute atomic E-state index is 0.127. The first-order valence-electron chi connectivity index (χ1n) is 13.1. The topological polar surface area (TPSA) is 129 Å². The van der Waals surface area contributed by atoms with E-state index in [1.165, 1.54) is 4.31 Å². The van der Waals surface area contributed by atoms with Gasteiger partial charge in [-0.3, -0.25) is 5.32 Å². The third-order valence-corrected chi connectivity index (χ3v) is 9.19. The Labute approximate surface area is 230 Å². The van der Waals surface area contributed by atoms with Gasteiger partial charge in [0.15, 0.2) is 0 Å². The molecule has 3 heterocycles. The number of guanidine groups is 1. The summed E-state index contributed by atoms with van der Waals surface area (Å²) in [6.07, 6.45) is 5.59. The Morgan fingerprint density at radius 3 is 2.72 bits per heavy atom. The summed E-state index contributed by atoms with van der Waals surface area (Å²) >= 11 is 0. The van der Waals surface area contributed by atoms with Gasteiger partial charge < -0.3 is 10.1 Å². The monoisotopic (exact) mass is 555 g/mol. The molecular weight excluding hydrogens is 518 g/mol. The summed E-state index contributed by atoms with van der Waals surface area (Å²) in [5, 5.41) is 16.1. The van der Waals surface area contributed by atoms with Crippen molar-refractivity contribution in [1.29, 1.82) is 0 Å². The highest BCUT2D eigenvalue weighted by atomic mass is 32.2. The molecule has 0 saturated carbocycles. The Morgan fingerprint density at radius 2 is 2.03 bits per heavy atom. The number of para-hydroxylation sites is 1. The van der Waals surface area contributed by atoms with E-state index in [2.05, 4.69) is 32.5 Å². The molecular formula is C26H37N9O3S. The number of ether oxygens (including phenoxy) is 1. The minimum Gasteiger partial charge on any atom is -0.463 e. The van der Waals surface area contributed by atoms with E-state index in [4.69, 9.17) is 9.73 Å². The molecule has 2 N–H and O–H groups in total. The zero-order valence-corrected chi connectivity index (χ0v) is 23.6. The van der Waals surface area contributed by atoms with Crippen molar-refractivity contribution in [1.82, 2.24) is 29.7 Å². The second-order valence-corrected chi connectivity index (χ2v) is 11.7. The van der Waals surface area contributed by atoms with Crippen molar-refractivity contribution >= 4 is 28.7 Å². The lowest BCUT2D eigenvalue weighted by Gasteiger charge is -2.30. The molecule has 210 valence electrons. The second kappa shape index (κ2) is 13.0. The van der Waals surface area contributed by atoms with Crippen LogP contribution in [0.1, 0.15) is 38.7 Å². The van der Waals surface area contributed by atoms with E-state index in [0.29, 0.717) is 44.3 Å². The normalized spacial score (nSPS) is 19.1. The highest BCUT2D eigenvalue weighted by Crippen LogP contribution is 2.20. The number of piperidine rings is 1. The van der Waals surface area contributed by atoms with E-state index < -0.39 is 10.0 Å². The van der Waals surface area contributed by atoms with Gasteiger partial charge in [-0.2, -0.15) is 20.2 Å². The molecule has 2 aliphatic heterocycles. The zero-order valence-electron chi connectivity index (χ0n) is 22.7. The molecule has 39 heavy (non-hydrogen) atoms. The molecule has 0 unspecified atom stereocenters. The standard InChI is InChI=1S/C26H37N9O3S/c1-5-20(2)24-31-26(38-18-17-33(4)39(36,37)22-11-14-28-15-12-22)32-25(35(24)27-3)29-19-21-9-6-7-10-23(21)34-16-8-13-30-34/h6-10,13,16,22,28H,3,5,11-12,14-15,17-19H2,1-2,4H3,(H,29,31,32)/b24-20+. The Balaban J connectivity index is 1.52. The van der Waals surface area contributed by atoms with Crippen LogP contribution < -0.4 is 10.6 Å². The van der Waals surface area contributed by atoms with Gasteiger partial charge in [-0.15, -0.1) is 0 Å². The molecule has 2 aliphatic rings. The highest BCUT2D eigenvalue weighted by Gasteiger charge is 2.31. The van der Waals surface area contributed by atoms with Gasteiger partial charge in [0.05, 0.1) is 17.5 Å². The fraction of sp³-hybridized carbons (Fsp3) is 0.462. The van der Waals surface area contributed by atoms with Crippen LogP contribution in [-0.2, 0) is 21.3 Å². The van der Waals surface area contributed by atoms with Crippen LogP contribution in [0.25, 0.3) is 5.69 Å². The fourth-order valence-corrected chi connectivity index (χ4v) is 6.03. The summed E-state index contributed by atoms with van der Waals surface area (Å²) in [5.74, 6) is 0.972. The number of hydrogen-bond acceptors (Lipinski definition) is 8. The van der Waals surface area contributed by atoms with E-state index in [1.54, 1.807) is 22.9 Å². The van der Waals surface area contributed by atoms with Crippen LogP contribution in [-0.4, -0.2) is 84.7 Å². The Morgan fingerprint density at radius 1 is 1.26 bits per heavy atom. The summed E-state index contributed by atoms with van der Waals surface area (Å²) in [5.41, 5.74) is 2.88. The predicted octanol–water partition coefficient (Wildman–Crippen LogP) is 2.28. The summed E-state index contributed by atoms with van der Waals surface area (Å²) in [6.45, 7) is 9.81. The second-order valence-electron chi connectivity index (χ2n) is 9.34. The molecule has 0 bridgehead atoms. The van der Waals surface area contributed by atoms with E-state index >= 15 is 0 Å². The number of hydrazone groups is 1. The molecule has 13 heteroatoms. The largest absolute Gasteiger partial charge is 0.463 e. The van der Waals surface area contributed by atoms with Crippen LogP contribution in [0.5, 0.6) is 0 Å². The minimum atomic E-state index is -3.40. The molecule has 1 aromatic carbocycles. The molecule has 0 aliphatic carbocycles. The average molecular weight is 556 g/mol. The molecule has 0 radical (unpaired) electrons. The van der Waals surface area contributed by atoms with Gasteiger partial charge in [-0.05, 0) is 62.5 Å². The van der Waals surface area contributed by atoms with Crippen molar-refractivity contribution in [3.8, 4) is 5.69 Å². The quantitative estimate of drug-likeness (QED) is 0.431. The van der Waals surface area contributed by atoms with Crippen molar-refractivity contribution in [3.63, 3.8) is 0 Å². The van der Waals surface area contributed by atoms with Crippen LogP contribution >= 0.6 is 0 Å². The molecule has 0 amide bonds. The number of allylic oxidation sites excluding steroid dienone is 1. The number of sulfonamides is 1. The SMILES string of the molecule is C=NN1C(=NCc2ccccc2-n2cccn2)N=C(OCCN(C)S(=O)(=O)C2CCNCC2)N/C1=C(/C)CC. The summed E-state index contributed by atoms with van der Waals surface area (Å²) in [6, 6.07) is 9.96. The molecule has 1 aromatic heterocycles. The van der Waals surface area contributed by atoms with Crippen LogP contribution in [0.4, 0.5) is 0 Å². The van der Waals surface area contributed by atoms with Gasteiger partial charge in [0.2, 0.25) is 10.0 Å². The third-order valence-electron chi connectivity index (χ3n) is 6.82. The van der Waals surface area contributed by atoms with Gasteiger partial charge in [-0.25, -0.2) is 22.4 Å². The molecule has 12 nitrogen and oxygen atoms in total. The number of rotatable bonds is 10. The fourth-order valence-electron chi connectivity index (χ4n) is 4.36. The first-order valence-corrected chi connectivity index (χ1v) is 14.6. The first kappa shape index (κ1) is 28.5. The van der Waals surface area contributed by atoms with Gasteiger partial charge in [0, 0.05) is 32.7 Å². The average Bonchev–Trinajstić information content (AvgIpc) is 3.51. The number of benzene rings is 1. The highest BCUT2D eigenvalue weighted by molar-refractivity contribution is 7.89. The molecule has 0 spiro atoms. The van der Waals surface area contributed by atoms with Crippen molar-refractivity contribution < 1.29 is 13.2 Å². The summed E-state index contributed by atoms with van der Waals surface area (Å²) < 4.78 is 35.0.